The van der Waals surface area contributed by atoms with Gasteiger partial charge >= 0.3 is 0 Å². The number of amides is 1. The number of aryl methyl sites for hydroxylation is 1. The molecule has 21 heavy (non-hydrogen) atoms. The first-order valence-electron chi connectivity index (χ1n) is 7.29. The van der Waals surface area contributed by atoms with Crippen molar-refractivity contribution in [1.29, 1.82) is 5.26 Å². The first-order chi connectivity index (χ1) is 10.0. The second-order valence-electron chi connectivity index (χ2n) is 6.17. The summed E-state index contributed by atoms with van der Waals surface area (Å²) in [6.07, 6.45) is 3.72. The molecule has 0 bridgehead atoms. The molecule has 2 aromatic rings. The van der Waals surface area contributed by atoms with Crippen LogP contribution in [0.25, 0.3) is 10.9 Å². The van der Waals surface area contributed by atoms with E-state index < -0.39 is 5.41 Å². The summed E-state index contributed by atoms with van der Waals surface area (Å²) in [6.45, 7) is 3.19. The van der Waals surface area contributed by atoms with E-state index in [1.807, 2.05) is 53.9 Å². The van der Waals surface area contributed by atoms with Gasteiger partial charge in [-0.2, -0.15) is 5.26 Å². The molecule has 0 aliphatic carbocycles. The number of hydrogen-bond donors (Lipinski definition) is 0. The van der Waals surface area contributed by atoms with Crippen LogP contribution in [-0.4, -0.2) is 28.5 Å². The minimum atomic E-state index is -0.418. The Hall–Kier alpha value is -2.28. The number of likely N-dealkylation sites (tertiary alicyclic amines) is 1. The number of carbonyl (C=O) groups is 1. The highest BCUT2D eigenvalue weighted by molar-refractivity contribution is 6.06. The average molecular weight is 281 g/mol. The molecular formula is C17H19N3O. The number of carbonyl (C=O) groups excluding carboxylic acids is 1. The number of hydrogen-bond acceptors (Lipinski definition) is 2. The highest BCUT2D eigenvalue weighted by Gasteiger charge is 2.33. The molecule has 1 aromatic carbocycles. The van der Waals surface area contributed by atoms with E-state index in [-0.39, 0.29) is 5.91 Å². The number of aromatic nitrogens is 1. The Balaban J connectivity index is 1.96. The van der Waals surface area contributed by atoms with Crippen molar-refractivity contribution in [2.45, 2.75) is 19.8 Å². The highest BCUT2D eigenvalue weighted by Crippen LogP contribution is 2.30. The Morgan fingerprint density at radius 3 is 2.95 bits per heavy atom. The molecule has 0 saturated carbocycles. The van der Waals surface area contributed by atoms with Crippen LogP contribution in [0.2, 0.25) is 0 Å². The van der Waals surface area contributed by atoms with Crippen molar-refractivity contribution in [2.24, 2.45) is 12.5 Å². The molecule has 4 heteroatoms. The molecule has 3 rings (SSSR count). The van der Waals surface area contributed by atoms with Crippen LogP contribution in [0, 0.1) is 16.7 Å². The van der Waals surface area contributed by atoms with Crippen molar-refractivity contribution in [3.05, 3.63) is 36.0 Å². The molecule has 1 aromatic heterocycles. The molecule has 1 unspecified atom stereocenters. The number of piperidine rings is 1. The van der Waals surface area contributed by atoms with Gasteiger partial charge in [0.1, 0.15) is 0 Å². The third kappa shape index (κ3) is 2.29. The standard InChI is InChI=1S/C17H19N3O/c1-17(11-18)8-4-9-20(12-17)16(21)14-5-3-6-15-13(14)7-10-19(15)2/h3,5-7,10H,4,8-9,12H2,1-2H3. The van der Waals surface area contributed by atoms with Crippen LogP contribution in [0.1, 0.15) is 30.1 Å². The lowest BCUT2D eigenvalue weighted by Crippen LogP contribution is -2.44. The topological polar surface area (TPSA) is 49.0 Å². The van der Waals surface area contributed by atoms with Gasteiger partial charge in [-0.15, -0.1) is 0 Å². The lowest BCUT2D eigenvalue weighted by atomic mass is 9.83. The molecule has 0 N–H and O–H groups in total. The maximum absolute atomic E-state index is 12.8. The molecule has 1 atom stereocenters. The SMILES string of the molecule is Cn1ccc2c(C(=O)N3CCCC(C)(C#N)C3)cccc21. The largest absolute Gasteiger partial charge is 0.351 e. The predicted octanol–water partition coefficient (Wildman–Crippen LogP) is 2.94. The van der Waals surface area contributed by atoms with Gasteiger partial charge in [-0.25, -0.2) is 0 Å². The third-order valence-corrected chi connectivity index (χ3v) is 4.41. The van der Waals surface area contributed by atoms with Crippen molar-refractivity contribution in [2.75, 3.05) is 13.1 Å². The minimum absolute atomic E-state index is 0.0352. The second kappa shape index (κ2) is 4.92. The summed E-state index contributed by atoms with van der Waals surface area (Å²) >= 11 is 0. The summed E-state index contributed by atoms with van der Waals surface area (Å²) < 4.78 is 2.02. The van der Waals surface area contributed by atoms with Crippen LogP contribution in [-0.2, 0) is 7.05 Å². The Bertz CT molecular complexity index is 740. The van der Waals surface area contributed by atoms with E-state index in [9.17, 15) is 10.1 Å². The van der Waals surface area contributed by atoms with E-state index in [0.717, 1.165) is 35.9 Å². The predicted molar refractivity (Wildman–Crippen MR) is 81.8 cm³/mol. The maximum Gasteiger partial charge on any atom is 0.254 e. The van der Waals surface area contributed by atoms with Crippen LogP contribution in [0.3, 0.4) is 0 Å². The number of fused-ring (bicyclic) bond motifs is 1. The summed E-state index contributed by atoms with van der Waals surface area (Å²) in [6, 6.07) is 10.2. The number of nitriles is 1. The number of nitrogens with zero attached hydrogens (tertiary/aromatic N) is 3. The van der Waals surface area contributed by atoms with Crippen LogP contribution in [0.5, 0.6) is 0 Å². The molecule has 4 nitrogen and oxygen atoms in total. The zero-order valence-electron chi connectivity index (χ0n) is 12.5. The Kier molecular flexibility index (Phi) is 3.21. The molecule has 0 radical (unpaired) electrons. The third-order valence-electron chi connectivity index (χ3n) is 4.41. The maximum atomic E-state index is 12.8. The summed E-state index contributed by atoms with van der Waals surface area (Å²) in [5.41, 5.74) is 1.37. The smallest absolute Gasteiger partial charge is 0.254 e. The monoisotopic (exact) mass is 281 g/mol. The van der Waals surface area contributed by atoms with Gasteiger partial charge in [-0.1, -0.05) is 6.07 Å². The van der Waals surface area contributed by atoms with Crippen LogP contribution in [0.15, 0.2) is 30.5 Å². The van der Waals surface area contributed by atoms with Gasteiger partial charge in [0.25, 0.3) is 5.91 Å². The first-order valence-corrected chi connectivity index (χ1v) is 7.29. The number of rotatable bonds is 1. The molecular weight excluding hydrogens is 262 g/mol. The van der Waals surface area contributed by atoms with Gasteiger partial charge < -0.3 is 9.47 Å². The molecule has 2 heterocycles. The summed E-state index contributed by atoms with van der Waals surface area (Å²) in [7, 11) is 1.98. The molecule has 1 aliphatic heterocycles. The zero-order chi connectivity index (χ0) is 15.0. The molecule has 0 spiro atoms. The van der Waals surface area contributed by atoms with E-state index in [1.165, 1.54) is 0 Å². The van der Waals surface area contributed by atoms with Gasteiger partial charge in [-0.3, -0.25) is 4.79 Å². The fourth-order valence-electron chi connectivity index (χ4n) is 3.16. The van der Waals surface area contributed by atoms with Crippen LogP contribution in [0.4, 0.5) is 0 Å². The molecule has 1 fully saturated rings. The van der Waals surface area contributed by atoms with E-state index in [2.05, 4.69) is 6.07 Å². The Labute approximate surface area is 124 Å². The summed E-state index contributed by atoms with van der Waals surface area (Å²) in [4.78, 5) is 14.7. The number of benzene rings is 1. The lowest BCUT2D eigenvalue weighted by Gasteiger charge is -2.36. The van der Waals surface area contributed by atoms with Crippen molar-refractivity contribution < 1.29 is 4.79 Å². The summed E-state index contributed by atoms with van der Waals surface area (Å²) in [5, 5.41) is 10.3. The zero-order valence-corrected chi connectivity index (χ0v) is 12.5. The van der Waals surface area contributed by atoms with E-state index >= 15 is 0 Å². The van der Waals surface area contributed by atoms with Crippen molar-refractivity contribution in [3.8, 4) is 6.07 Å². The van der Waals surface area contributed by atoms with Crippen LogP contribution >= 0.6 is 0 Å². The molecule has 1 saturated heterocycles. The van der Waals surface area contributed by atoms with Gasteiger partial charge in [-0.05, 0) is 38.0 Å². The highest BCUT2D eigenvalue weighted by atomic mass is 16.2. The first kappa shape index (κ1) is 13.7. The van der Waals surface area contributed by atoms with E-state index in [1.54, 1.807) is 0 Å². The summed E-state index contributed by atoms with van der Waals surface area (Å²) in [5.74, 6) is 0.0352. The normalized spacial score (nSPS) is 22.2. The van der Waals surface area contributed by atoms with E-state index in [4.69, 9.17) is 0 Å². The molecule has 1 aliphatic rings. The van der Waals surface area contributed by atoms with Gasteiger partial charge in [0.15, 0.2) is 0 Å². The molecule has 1 amide bonds. The average Bonchev–Trinajstić information content (AvgIpc) is 2.88. The minimum Gasteiger partial charge on any atom is -0.351 e. The van der Waals surface area contributed by atoms with Crippen molar-refractivity contribution in [1.82, 2.24) is 9.47 Å². The molecule has 108 valence electrons. The van der Waals surface area contributed by atoms with E-state index in [0.29, 0.717) is 6.54 Å². The van der Waals surface area contributed by atoms with Crippen molar-refractivity contribution in [3.63, 3.8) is 0 Å². The Morgan fingerprint density at radius 1 is 1.38 bits per heavy atom. The second-order valence-corrected chi connectivity index (χ2v) is 6.17. The van der Waals surface area contributed by atoms with Crippen molar-refractivity contribution >= 4 is 16.8 Å². The fraction of sp³-hybridized carbons (Fsp3) is 0.412. The van der Waals surface area contributed by atoms with Gasteiger partial charge in [0, 0.05) is 42.8 Å². The quantitative estimate of drug-likeness (QED) is 0.807. The fourth-order valence-corrected chi connectivity index (χ4v) is 3.16. The van der Waals surface area contributed by atoms with Gasteiger partial charge in [0.2, 0.25) is 0 Å². The lowest BCUT2D eigenvalue weighted by molar-refractivity contribution is 0.0632. The van der Waals surface area contributed by atoms with Crippen LogP contribution < -0.4 is 0 Å². The van der Waals surface area contributed by atoms with Gasteiger partial charge in [0.05, 0.1) is 11.5 Å². The Morgan fingerprint density at radius 2 is 2.19 bits per heavy atom.